The number of hydrogen-bond donors (Lipinski definition) is 1. The van der Waals surface area contributed by atoms with Gasteiger partial charge in [0.05, 0.1) is 23.4 Å². The molecule has 0 aliphatic rings. The average Bonchev–Trinajstić information content (AvgIpc) is 2.88. The maximum absolute atomic E-state index is 11.1. The van der Waals surface area contributed by atoms with E-state index in [4.69, 9.17) is 5.11 Å². The molecule has 0 aliphatic heterocycles. The molecule has 5 nitrogen and oxygen atoms in total. The van der Waals surface area contributed by atoms with Gasteiger partial charge in [0.25, 0.3) is 0 Å². The third-order valence-electron chi connectivity index (χ3n) is 2.66. The van der Waals surface area contributed by atoms with Crippen LogP contribution in [0.15, 0.2) is 11.6 Å². The van der Waals surface area contributed by atoms with E-state index in [-0.39, 0.29) is 5.69 Å². The molecule has 2 rings (SSSR count). The molecule has 0 radical (unpaired) electrons. The summed E-state index contributed by atoms with van der Waals surface area (Å²) in [5.41, 5.74) is 1.08. The standard InChI is InChI=1S/C12H15N3O2S/c1-7(2)11-14-9(6-18-11)5-15-8(3)13-4-10(15)12(16)17/h4,6-7H,5H2,1-3H3,(H,16,17). The molecule has 0 saturated carbocycles. The van der Waals surface area contributed by atoms with Crippen molar-refractivity contribution < 1.29 is 9.90 Å². The molecule has 0 unspecified atom stereocenters. The molecule has 6 heteroatoms. The Morgan fingerprint density at radius 2 is 2.28 bits per heavy atom. The fourth-order valence-electron chi connectivity index (χ4n) is 1.66. The van der Waals surface area contributed by atoms with Crippen molar-refractivity contribution in [1.29, 1.82) is 0 Å². The first-order valence-corrected chi connectivity index (χ1v) is 6.56. The summed E-state index contributed by atoms with van der Waals surface area (Å²) < 4.78 is 1.67. The van der Waals surface area contributed by atoms with Gasteiger partial charge < -0.3 is 9.67 Å². The Balaban J connectivity index is 2.28. The van der Waals surface area contributed by atoms with Crippen LogP contribution in [0.25, 0.3) is 0 Å². The number of aromatic carboxylic acids is 1. The minimum atomic E-state index is -0.963. The normalized spacial score (nSPS) is 11.1. The van der Waals surface area contributed by atoms with Crippen LogP contribution in [0, 0.1) is 6.92 Å². The second-order valence-electron chi connectivity index (χ2n) is 4.41. The topological polar surface area (TPSA) is 68.0 Å². The molecular formula is C12H15N3O2S. The van der Waals surface area contributed by atoms with E-state index in [2.05, 4.69) is 23.8 Å². The van der Waals surface area contributed by atoms with Gasteiger partial charge in [-0.2, -0.15) is 0 Å². The van der Waals surface area contributed by atoms with Crippen molar-refractivity contribution in [2.24, 2.45) is 0 Å². The van der Waals surface area contributed by atoms with Crippen molar-refractivity contribution in [3.05, 3.63) is 33.8 Å². The van der Waals surface area contributed by atoms with E-state index in [0.717, 1.165) is 10.7 Å². The van der Waals surface area contributed by atoms with Gasteiger partial charge in [0.15, 0.2) is 0 Å². The number of carbonyl (C=O) groups is 1. The number of aromatic nitrogens is 3. The Bertz CT molecular complexity index is 572. The molecule has 2 aromatic heterocycles. The van der Waals surface area contributed by atoms with Crippen molar-refractivity contribution in [1.82, 2.24) is 14.5 Å². The van der Waals surface area contributed by atoms with Crippen molar-refractivity contribution in [2.45, 2.75) is 33.2 Å². The molecular weight excluding hydrogens is 250 g/mol. The number of carboxylic acids is 1. The fraction of sp³-hybridized carbons (Fsp3) is 0.417. The lowest BCUT2D eigenvalue weighted by Crippen LogP contribution is -2.11. The van der Waals surface area contributed by atoms with Crippen LogP contribution in [0.1, 0.15) is 46.8 Å². The molecule has 0 fully saturated rings. The van der Waals surface area contributed by atoms with Gasteiger partial charge in [-0.1, -0.05) is 13.8 Å². The Hall–Kier alpha value is -1.69. The zero-order valence-electron chi connectivity index (χ0n) is 10.5. The second-order valence-corrected chi connectivity index (χ2v) is 5.30. The molecule has 1 N–H and O–H groups in total. The van der Waals surface area contributed by atoms with Crippen molar-refractivity contribution in [2.75, 3.05) is 0 Å². The number of nitrogens with zero attached hydrogens (tertiary/aromatic N) is 3. The molecule has 2 aromatic rings. The van der Waals surface area contributed by atoms with Crippen LogP contribution < -0.4 is 0 Å². The lowest BCUT2D eigenvalue weighted by Gasteiger charge is -2.05. The summed E-state index contributed by atoms with van der Waals surface area (Å²) in [7, 11) is 0. The summed E-state index contributed by atoms with van der Waals surface area (Å²) in [6.07, 6.45) is 1.38. The summed E-state index contributed by atoms with van der Waals surface area (Å²) in [6, 6.07) is 0. The highest BCUT2D eigenvalue weighted by atomic mass is 32.1. The molecule has 2 heterocycles. The van der Waals surface area contributed by atoms with Gasteiger partial charge in [-0.25, -0.2) is 14.8 Å². The van der Waals surface area contributed by atoms with Crippen LogP contribution in [0.2, 0.25) is 0 Å². The highest BCUT2D eigenvalue weighted by molar-refractivity contribution is 7.09. The summed E-state index contributed by atoms with van der Waals surface area (Å²) in [5, 5.41) is 12.1. The largest absolute Gasteiger partial charge is 0.477 e. The predicted octanol–water partition coefficient (Wildman–Crippen LogP) is 2.52. The van der Waals surface area contributed by atoms with E-state index in [1.54, 1.807) is 22.8 Å². The first kappa shape index (κ1) is 12.8. The van der Waals surface area contributed by atoms with Gasteiger partial charge in [-0.05, 0) is 6.92 Å². The Morgan fingerprint density at radius 3 is 2.83 bits per heavy atom. The number of thiazole rings is 1. The Morgan fingerprint density at radius 1 is 1.56 bits per heavy atom. The molecule has 0 saturated heterocycles. The lowest BCUT2D eigenvalue weighted by molar-refractivity contribution is 0.0685. The number of carboxylic acid groups (broad SMARTS) is 1. The smallest absolute Gasteiger partial charge is 0.354 e. The number of hydrogen-bond acceptors (Lipinski definition) is 4. The van der Waals surface area contributed by atoms with Gasteiger partial charge >= 0.3 is 5.97 Å². The maximum atomic E-state index is 11.1. The minimum Gasteiger partial charge on any atom is -0.477 e. The van der Waals surface area contributed by atoms with Gasteiger partial charge in [-0.15, -0.1) is 11.3 Å². The quantitative estimate of drug-likeness (QED) is 0.922. The molecule has 0 bridgehead atoms. The Kier molecular flexibility index (Phi) is 3.47. The number of imidazole rings is 1. The van der Waals surface area contributed by atoms with Gasteiger partial charge in [0.2, 0.25) is 0 Å². The van der Waals surface area contributed by atoms with Crippen LogP contribution in [-0.2, 0) is 6.54 Å². The molecule has 0 amide bonds. The van der Waals surface area contributed by atoms with E-state index < -0.39 is 5.97 Å². The zero-order valence-corrected chi connectivity index (χ0v) is 11.4. The third kappa shape index (κ3) is 2.43. The fourth-order valence-corrected chi connectivity index (χ4v) is 2.49. The zero-order chi connectivity index (χ0) is 13.3. The van der Waals surface area contributed by atoms with E-state index in [0.29, 0.717) is 18.3 Å². The predicted molar refractivity (Wildman–Crippen MR) is 69.2 cm³/mol. The number of aryl methyl sites for hydroxylation is 1. The van der Waals surface area contributed by atoms with Crippen molar-refractivity contribution in [3.8, 4) is 0 Å². The Labute approximate surface area is 109 Å². The lowest BCUT2D eigenvalue weighted by atomic mass is 10.2. The molecule has 0 spiro atoms. The van der Waals surface area contributed by atoms with Crippen LogP contribution in [0.4, 0.5) is 0 Å². The third-order valence-corrected chi connectivity index (χ3v) is 3.85. The first-order valence-electron chi connectivity index (χ1n) is 5.68. The maximum Gasteiger partial charge on any atom is 0.354 e. The van der Waals surface area contributed by atoms with E-state index in [9.17, 15) is 4.79 Å². The van der Waals surface area contributed by atoms with Crippen molar-refractivity contribution in [3.63, 3.8) is 0 Å². The monoisotopic (exact) mass is 265 g/mol. The molecule has 18 heavy (non-hydrogen) atoms. The summed E-state index contributed by atoms with van der Waals surface area (Å²) >= 11 is 1.61. The van der Waals surface area contributed by atoms with E-state index in [1.165, 1.54) is 6.20 Å². The van der Waals surface area contributed by atoms with Crippen molar-refractivity contribution >= 4 is 17.3 Å². The minimum absolute atomic E-state index is 0.201. The molecule has 0 aliphatic carbocycles. The second kappa shape index (κ2) is 4.89. The van der Waals surface area contributed by atoms with Crippen LogP contribution >= 0.6 is 11.3 Å². The molecule has 0 atom stereocenters. The highest BCUT2D eigenvalue weighted by Gasteiger charge is 2.15. The first-order chi connectivity index (χ1) is 8.49. The van der Waals surface area contributed by atoms with E-state index >= 15 is 0 Å². The van der Waals surface area contributed by atoms with E-state index in [1.807, 2.05) is 5.38 Å². The van der Waals surface area contributed by atoms with Crippen LogP contribution in [0.5, 0.6) is 0 Å². The molecule has 96 valence electrons. The van der Waals surface area contributed by atoms with Crippen LogP contribution in [-0.4, -0.2) is 25.6 Å². The van der Waals surface area contributed by atoms with Gasteiger partial charge in [-0.3, -0.25) is 0 Å². The van der Waals surface area contributed by atoms with Gasteiger partial charge in [0, 0.05) is 11.3 Å². The highest BCUT2D eigenvalue weighted by Crippen LogP contribution is 2.20. The summed E-state index contributed by atoms with van der Waals surface area (Å²) in [5.74, 6) is 0.119. The van der Waals surface area contributed by atoms with Gasteiger partial charge in [0.1, 0.15) is 11.5 Å². The summed E-state index contributed by atoms with van der Waals surface area (Å²) in [6.45, 7) is 6.43. The average molecular weight is 265 g/mol. The van der Waals surface area contributed by atoms with Crippen LogP contribution in [0.3, 0.4) is 0 Å². The SMILES string of the molecule is Cc1ncc(C(=O)O)n1Cc1csc(C(C)C)n1. The number of rotatable bonds is 4. The summed E-state index contributed by atoms with van der Waals surface area (Å²) in [4.78, 5) is 19.6. The molecule has 0 aromatic carbocycles.